The summed E-state index contributed by atoms with van der Waals surface area (Å²) in [5.74, 6) is -0.861. The smallest absolute Gasteiger partial charge is 0.335 e. The summed E-state index contributed by atoms with van der Waals surface area (Å²) < 4.78 is 2.37. The van der Waals surface area contributed by atoms with E-state index in [1.165, 1.54) is 36.6 Å². The fourth-order valence-corrected chi connectivity index (χ4v) is 3.69. The zero-order valence-corrected chi connectivity index (χ0v) is 11.7. The van der Waals surface area contributed by atoms with Crippen LogP contribution in [0.1, 0.15) is 42.1 Å². The molecule has 1 aliphatic rings. The minimum absolute atomic E-state index is 0.365. The van der Waals surface area contributed by atoms with Gasteiger partial charge in [-0.15, -0.1) is 0 Å². The number of carboxylic acids is 1. The van der Waals surface area contributed by atoms with Crippen LogP contribution >= 0.6 is 0 Å². The van der Waals surface area contributed by atoms with E-state index in [0.717, 1.165) is 10.9 Å². The van der Waals surface area contributed by atoms with Gasteiger partial charge in [0.2, 0.25) is 0 Å². The highest BCUT2D eigenvalue weighted by Crippen LogP contribution is 2.38. The van der Waals surface area contributed by atoms with Gasteiger partial charge in [-0.2, -0.15) is 0 Å². The van der Waals surface area contributed by atoms with Crippen molar-refractivity contribution < 1.29 is 9.90 Å². The second kappa shape index (κ2) is 4.62. The first kappa shape index (κ1) is 12.5. The second-order valence-corrected chi connectivity index (χ2v) is 5.86. The number of hydrogen-bond donors (Lipinski definition) is 1. The Balaban J connectivity index is 2.09. The molecule has 21 heavy (non-hydrogen) atoms. The van der Waals surface area contributed by atoms with E-state index in [2.05, 4.69) is 22.8 Å². The maximum Gasteiger partial charge on any atom is 0.335 e. The SMILES string of the molecule is O=C(O)c1ccc2c3ccccc3n(C3CCCC3)c2c1. The highest BCUT2D eigenvalue weighted by Gasteiger charge is 2.22. The minimum Gasteiger partial charge on any atom is -0.478 e. The van der Waals surface area contributed by atoms with Gasteiger partial charge in [-0.05, 0) is 31.0 Å². The van der Waals surface area contributed by atoms with Gasteiger partial charge in [-0.3, -0.25) is 0 Å². The molecule has 1 aliphatic carbocycles. The van der Waals surface area contributed by atoms with Crippen LogP contribution in [0.3, 0.4) is 0 Å². The number of aromatic nitrogens is 1. The van der Waals surface area contributed by atoms with Gasteiger partial charge in [0.05, 0.1) is 11.1 Å². The molecule has 0 aliphatic heterocycles. The van der Waals surface area contributed by atoms with E-state index < -0.39 is 5.97 Å². The van der Waals surface area contributed by atoms with E-state index in [0.29, 0.717) is 11.6 Å². The van der Waals surface area contributed by atoms with E-state index in [9.17, 15) is 9.90 Å². The lowest BCUT2D eigenvalue weighted by molar-refractivity contribution is 0.0697. The van der Waals surface area contributed by atoms with Gasteiger partial charge in [0, 0.05) is 22.3 Å². The monoisotopic (exact) mass is 279 g/mol. The normalized spacial score (nSPS) is 16.0. The van der Waals surface area contributed by atoms with Crippen molar-refractivity contribution in [2.75, 3.05) is 0 Å². The number of nitrogens with zero attached hydrogens (tertiary/aromatic N) is 1. The third kappa shape index (κ3) is 1.84. The van der Waals surface area contributed by atoms with Crippen molar-refractivity contribution in [1.29, 1.82) is 0 Å². The third-order valence-electron chi connectivity index (χ3n) is 4.65. The molecule has 1 aromatic heterocycles. The first-order valence-corrected chi connectivity index (χ1v) is 7.52. The van der Waals surface area contributed by atoms with E-state index in [1.54, 1.807) is 6.07 Å². The number of para-hydroxylation sites is 1. The van der Waals surface area contributed by atoms with Crippen molar-refractivity contribution in [3.8, 4) is 0 Å². The fraction of sp³-hybridized carbons (Fsp3) is 0.278. The molecule has 1 heterocycles. The van der Waals surface area contributed by atoms with Crippen LogP contribution in [-0.2, 0) is 0 Å². The zero-order valence-electron chi connectivity index (χ0n) is 11.7. The van der Waals surface area contributed by atoms with Gasteiger partial charge in [-0.1, -0.05) is 37.1 Å². The molecule has 2 aromatic carbocycles. The molecule has 0 saturated heterocycles. The first-order chi connectivity index (χ1) is 10.3. The quantitative estimate of drug-likeness (QED) is 0.744. The summed E-state index contributed by atoms with van der Waals surface area (Å²) in [5.41, 5.74) is 2.65. The van der Waals surface area contributed by atoms with Gasteiger partial charge in [0.25, 0.3) is 0 Å². The van der Waals surface area contributed by atoms with Gasteiger partial charge in [0.1, 0.15) is 0 Å². The average Bonchev–Trinajstić information content (AvgIpc) is 3.11. The molecule has 0 radical (unpaired) electrons. The summed E-state index contributed by atoms with van der Waals surface area (Å²) in [6.45, 7) is 0. The van der Waals surface area contributed by atoms with E-state index in [1.807, 2.05) is 18.2 Å². The Hall–Kier alpha value is -2.29. The van der Waals surface area contributed by atoms with Crippen LogP contribution in [0.4, 0.5) is 0 Å². The Morgan fingerprint density at radius 2 is 1.71 bits per heavy atom. The number of carbonyl (C=O) groups is 1. The number of carboxylic acid groups (broad SMARTS) is 1. The molecule has 0 unspecified atom stereocenters. The molecule has 106 valence electrons. The van der Waals surface area contributed by atoms with Crippen LogP contribution in [0, 0.1) is 0 Å². The number of aromatic carboxylic acids is 1. The topological polar surface area (TPSA) is 42.2 Å². The number of hydrogen-bond acceptors (Lipinski definition) is 1. The molecule has 1 saturated carbocycles. The first-order valence-electron chi connectivity index (χ1n) is 7.52. The van der Waals surface area contributed by atoms with Gasteiger partial charge in [0.15, 0.2) is 0 Å². The summed E-state index contributed by atoms with van der Waals surface area (Å²) in [4.78, 5) is 11.3. The summed E-state index contributed by atoms with van der Waals surface area (Å²) in [7, 11) is 0. The Morgan fingerprint density at radius 1 is 1.00 bits per heavy atom. The van der Waals surface area contributed by atoms with E-state index in [4.69, 9.17) is 0 Å². The maximum absolute atomic E-state index is 11.3. The fourth-order valence-electron chi connectivity index (χ4n) is 3.69. The van der Waals surface area contributed by atoms with Crippen molar-refractivity contribution in [2.45, 2.75) is 31.7 Å². The van der Waals surface area contributed by atoms with Gasteiger partial charge < -0.3 is 9.67 Å². The summed E-state index contributed by atoms with van der Waals surface area (Å²) in [5, 5.41) is 11.6. The minimum atomic E-state index is -0.861. The Kier molecular flexibility index (Phi) is 2.74. The molecule has 0 bridgehead atoms. The van der Waals surface area contributed by atoms with Crippen molar-refractivity contribution in [3.63, 3.8) is 0 Å². The lowest BCUT2D eigenvalue weighted by Gasteiger charge is -2.15. The van der Waals surface area contributed by atoms with Crippen LogP contribution in [0.15, 0.2) is 42.5 Å². The average molecular weight is 279 g/mol. The maximum atomic E-state index is 11.3. The molecule has 3 heteroatoms. The predicted octanol–water partition coefficient (Wildman–Crippen LogP) is 4.61. The molecule has 0 spiro atoms. The molecule has 0 amide bonds. The predicted molar refractivity (Wildman–Crippen MR) is 83.9 cm³/mol. The van der Waals surface area contributed by atoms with Crippen molar-refractivity contribution in [3.05, 3.63) is 48.0 Å². The van der Waals surface area contributed by atoms with Crippen LogP contribution in [0.5, 0.6) is 0 Å². The summed E-state index contributed by atoms with van der Waals surface area (Å²) in [6.07, 6.45) is 4.89. The van der Waals surface area contributed by atoms with Crippen LogP contribution < -0.4 is 0 Å². The number of fused-ring (bicyclic) bond motifs is 3. The van der Waals surface area contributed by atoms with Crippen molar-refractivity contribution >= 4 is 27.8 Å². The van der Waals surface area contributed by atoms with Crippen molar-refractivity contribution in [2.24, 2.45) is 0 Å². The van der Waals surface area contributed by atoms with Crippen molar-refractivity contribution in [1.82, 2.24) is 4.57 Å². The van der Waals surface area contributed by atoms with Crippen LogP contribution in [-0.4, -0.2) is 15.6 Å². The Bertz CT molecular complexity index is 841. The highest BCUT2D eigenvalue weighted by atomic mass is 16.4. The summed E-state index contributed by atoms with van der Waals surface area (Å²) in [6, 6.07) is 14.4. The standard InChI is InChI=1S/C18H17NO2/c20-18(21)12-9-10-15-14-7-3-4-8-16(14)19(17(15)11-12)13-5-1-2-6-13/h3-4,7-11,13H,1-2,5-6H2,(H,20,21). The zero-order chi connectivity index (χ0) is 14.4. The molecule has 3 nitrogen and oxygen atoms in total. The largest absolute Gasteiger partial charge is 0.478 e. The third-order valence-corrected chi connectivity index (χ3v) is 4.65. The molecule has 3 aromatic rings. The molecular formula is C18H17NO2. The molecule has 4 rings (SSSR count). The molecular weight excluding hydrogens is 262 g/mol. The number of benzene rings is 2. The van der Waals surface area contributed by atoms with Gasteiger partial charge in [-0.25, -0.2) is 4.79 Å². The second-order valence-electron chi connectivity index (χ2n) is 5.86. The lowest BCUT2D eigenvalue weighted by Crippen LogP contribution is -2.05. The van der Waals surface area contributed by atoms with Gasteiger partial charge >= 0.3 is 5.97 Å². The molecule has 1 fully saturated rings. The van der Waals surface area contributed by atoms with E-state index >= 15 is 0 Å². The molecule has 1 N–H and O–H groups in total. The Labute approximate surface area is 122 Å². The number of rotatable bonds is 2. The van der Waals surface area contributed by atoms with E-state index in [-0.39, 0.29) is 0 Å². The Morgan fingerprint density at radius 3 is 2.48 bits per heavy atom. The highest BCUT2D eigenvalue weighted by molar-refractivity contribution is 6.09. The summed E-state index contributed by atoms with van der Waals surface area (Å²) >= 11 is 0. The van der Waals surface area contributed by atoms with Crippen LogP contribution in [0.25, 0.3) is 21.8 Å². The molecule has 0 atom stereocenters. The lowest BCUT2D eigenvalue weighted by atomic mass is 10.1. The van der Waals surface area contributed by atoms with Crippen LogP contribution in [0.2, 0.25) is 0 Å².